The normalized spacial score (nSPS) is 17.6. The minimum Gasteiger partial charge on any atom is -0.507 e. The molecule has 1 N–H and O–H groups in total. The average Bonchev–Trinajstić information content (AvgIpc) is 3.39. The van der Waals surface area contributed by atoms with Crippen molar-refractivity contribution in [3.05, 3.63) is 60.7 Å². The molecule has 7 rings (SSSR count). The molecule has 1 aliphatic heterocycles. The second-order valence-electron chi connectivity index (χ2n) is 11.7. The number of aromatic nitrogens is 8. The zero-order valence-electron chi connectivity index (χ0n) is 24.3. The number of methoxy groups -OCH3 is 1. The molecule has 1 aliphatic carbocycles. The maximum atomic E-state index is 12.3. The molecule has 0 amide bonds. The number of carbonyl (C=O) groups excluding carboxylic acids is 1. The summed E-state index contributed by atoms with van der Waals surface area (Å²) < 4.78 is 8.93. The first-order valence-corrected chi connectivity index (χ1v) is 14.6. The Morgan fingerprint density at radius 2 is 1.81 bits per heavy atom. The van der Waals surface area contributed by atoms with E-state index in [0.29, 0.717) is 34.9 Å². The Hall–Kier alpha value is -4.87. The van der Waals surface area contributed by atoms with Gasteiger partial charge in [-0.2, -0.15) is 0 Å². The second kappa shape index (κ2) is 10.8. The van der Waals surface area contributed by atoms with E-state index in [9.17, 15) is 9.90 Å². The third-order valence-corrected chi connectivity index (χ3v) is 8.41. The Morgan fingerprint density at radius 3 is 2.53 bits per heavy atom. The van der Waals surface area contributed by atoms with Crippen molar-refractivity contribution in [3.8, 4) is 28.3 Å². The molecule has 2 atom stereocenters. The molecule has 1 saturated carbocycles. The van der Waals surface area contributed by atoms with Crippen LogP contribution in [0.1, 0.15) is 56.8 Å². The number of para-hydroxylation sites is 1. The van der Waals surface area contributed by atoms with E-state index in [1.54, 1.807) is 35.4 Å². The van der Waals surface area contributed by atoms with Gasteiger partial charge in [-0.1, -0.05) is 31.2 Å². The van der Waals surface area contributed by atoms with Crippen LogP contribution in [0.15, 0.2) is 55.0 Å². The molecule has 1 saturated heterocycles. The lowest BCUT2D eigenvalue weighted by molar-refractivity contribution is -0.146. The molecule has 220 valence electrons. The first-order valence-electron chi connectivity index (χ1n) is 14.6. The fourth-order valence-electron chi connectivity index (χ4n) is 6.06. The highest BCUT2D eigenvalue weighted by Crippen LogP contribution is 2.43. The third-order valence-electron chi connectivity index (χ3n) is 8.41. The van der Waals surface area contributed by atoms with Gasteiger partial charge in [0.15, 0.2) is 6.04 Å². The number of anilines is 1. The average molecular weight is 580 g/mol. The molecule has 0 unspecified atom stereocenters. The molecule has 12 nitrogen and oxygen atoms in total. The summed E-state index contributed by atoms with van der Waals surface area (Å²) in [4.78, 5) is 23.8. The number of rotatable bonds is 8. The van der Waals surface area contributed by atoms with Gasteiger partial charge < -0.3 is 19.3 Å². The van der Waals surface area contributed by atoms with Gasteiger partial charge in [0.1, 0.15) is 17.0 Å². The summed E-state index contributed by atoms with van der Waals surface area (Å²) in [5.41, 5.74) is 5.88. The quantitative estimate of drug-likeness (QED) is 0.261. The minimum absolute atomic E-state index is 0.00583. The monoisotopic (exact) mass is 579 g/mol. The van der Waals surface area contributed by atoms with Crippen molar-refractivity contribution in [2.45, 2.75) is 51.1 Å². The summed E-state index contributed by atoms with van der Waals surface area (Å²) >= 11 is 0. The van der Waals surface area contributed by atoms with Gasteiger partial charge in [-0.25, -0.2) is 19.4 Å². The van der Waals surface area contributed by atoms with E-state index in [1.165, 1.54) is 12.8 Å². The highest BCUT2D eigenvalue weighted by atomic mass is 16.5. The van der Waals surface area contributed by atoms with Crippen molar-refractivity contribution >= 4 is 23.0 Å². The summed E-state index contributed by atoms with van der Waals surface area (Å²) in [5.74, 6) is 0.810. The van der Waals surface area contributed by atoms with Gasteiger partial charge in [0, 0.05) is 54.3 Å². The number of phenols is 1. The summed E-state index contributed by atoms with van der Waals surface area (Å²) in [6.07, 6.45) is 8.51. The highest BCUT2D eigenvalue weighted by Gasteiger charge is 2.34. The van der Waals surface area contributed by atoms with Crippen molar-refractivity contribution in [2.75, 3.05) is 25.1 Å². The fraction of sp³-hybridized carbons (Fsp3) is 0.387. The van der Waals surface area contributed by atoms with Crippen LogP contribution < -0.4 is 4.90 Å². The van der Waals surface area contributed by atoms with E-state index in [2.05, 4.69) is 52.1 Å². The van der Waals surface area contributed by atoms with E-state index < -0.39 is 6.04 Å². The van der Waals surface area contributed by atoms with Gasteiger partial charge in [-0.3, -0.25) is 0 Å². The van der Waals surface area contributed by atoms with Crippen molar-refractivity contribution < 1.29 is 14.6 Å². The van der Waals surface area contributed by atoms with Gasteiger partial charge in [0.25, 0.3) is 0 Å². The van der Waals surface area contributed by atoms with E-state index in [-0.39, 0.29) is 17.6 Å². The van der Waals surface area contributed by atoms with Crippen molar-refractivity contribution in [1.29, 1.82) is 0 Å². The van der Waals surface area contributed by atoms with Gasteiger partial charge in [0.2, 0.25) is 5.95 Å². The number of hydrogen-bond acceptors (Lipinski definition) is 10. The van der Waals surface area contributed by atoms with Crippen LogP contribution in [0.25, 0.3) is 33.5 Å². The molecule has 0 radical (unpaired) electrons. The SMILES string of the molecule is COC(=O)[C@H](C(C)C)n1cc(-c2cnc(N3CC[C@H](c4cc5nnc(-c6ccccc6O)cc5n4C4CC4)C3)nc2)nn1. The van der Waals surface area contributed by atoms with Gasteiger partial charge in [0.05, 0.1) is 24.5 Å². The molecule has 0 spiro atoms. The number of esters is 1. The molecular formula is C31H33N9O3. The molecule has 0 bridgehead atoms. The number of benzene rings is 1. The molecule has 5 aromatic rings. The molecule has 2 aliphatic rings. The summed E-state index contributed by atoms with van der Waals surface area (Å²) in [6.45, 7) is 5.52. The van der Waals surface area contributed by atoms with Crippen LogP contribution in [-0.4, -0.2) is 71.0 Å². The number of ether oxygens (including phenoxy) is 1. The van der Waals surface area contributed by atoms with E-state index in [1.807, 2.05) is 26.0 Å². The van der Waals surface area contributed by atoms with Gasteiger partial charge in [-0.05, 0) is 49.4 Å². The predicted octanol–water partition coefficient (Wildman–Crippen LogP) is 4.55. The van der Waals surface area contributed by atoms with Crippen LogP contribution in [0.4, 0.5) is 5.95 Å². The number of carbonyl (C=O) groups is 1. The zero-order chi connectivity index (χ0) is 29.7. The number of hydrogen-bond donors (Lipinski definition) is 1. The van der Waals surface area contributed by atoms with Gasteiger partial charge >= 0.3 is 5.97 Å². The number of fused-ring (bicyclic) bond motifs is 1. The molecule has 43 heavy (non-hydrogen) atoms. The fourth-order valence-corrected chi connectivity index (χ4v) is 6.06. The van der Waals surface area contributed by atoms with Crippen molar-refractivity contribution in [2.24, 2.45) is 5.92 Å². The maximum Gasteiger partial charge on any atom is 0.330 e. The first-order chi connectivity index (χ1) is 20.9. The highest BCUT2D eigenvalue weighted by molar-refractivity contribution is 5.82. The van der Waals surface area contributed by atoms with Crippen LogP contribution in [0.5, 0.6) is 5.75 Å². The molecule has 2 fully saturated rings. The maximum absolute atomic E-state index is 12.3. The largest absolute Gasteiger partial charge is 0.507 e. The summed E-state index contributed by atoms with van der Waals surface area (Å²) in [6, 6.07) is 11.4. The molecule has 1 aromatic carbocycles. The van der Waals surface area contributed by atoms with Crippen LogP contribution in [-0.2, 0) is 9.53 Å². The first kappa shape index (κ1) is 27.0. The predicted molar refractivity (Wildman–Crippen MR) is 159 cm³/mol. The Bertz CT molecular complexity index is 1790. The number of phenolic OH excluding ortho intramolecular Hbond substituents is 1. The Kier molecular flexibility index (Phi) is 6.75. The second-order valence-corrected chi connectivity index (χ2v) is 11.7. The lowest BCUT2D eigenvalue weighted by Crippen LogP contribution is -2.26. The van der Waals surface area contributed by atoms with Crippen molar-refractivity contribution in [1.82, 2.24) is 39.7 Å². The molecule has 12 heteroatoms. The van der Waals surface area contributed by atoms with E-state index in [4.69, 9.17) is 4.74 Å². The number of aromatic hydroxyl groups is 1. The molecule has 4 aromatic heterocycles. The smallest absolute Gasteiger partial charge is 0.330 e. The van der Waals surface area contributed by atoms with Gasteiger partial charge in [-0.15, -0.1) is 15.3 Å². The van der Waals surface area contributed by atoms with Crippen LogP contribution in [0, 0.1) is 5.92 Å². The summed E-state index contributed by atoms with van der Waals surface area (Å²) in [5, 5.41) is 27.8. The van der Waals surface area contributed by atoms with Crippen LogP contribution >= 0.6 is 0 Å². The van der Waals surface area contributed by atoms with E-state index in [0.717, 1.165) is 48.9 Å². The van der Waals surface area contributed by atoms with Crippen LogP contribution in [0.2, 0.25) is 0 Å². The summed E-state index contributed by atoms with van der Waals surface area (Å²) in [7, 11) is 1.37. The van der Waals surface area contributed by atoms with E-state index >= 15 is 0 Å². The minimum atomic E-state index is -0.553. The lowest BCUT2D eigenvalue weighted by Gasteiger charge is -2.18. The topological polar surface area (TPSA) is 137 Å². The third kappa shape index (κ3) is 4.96. The Labute approximate surface area is 248 Å². The molecular weight excluding hydrogens is 546 g/mol. The standard InChI is InChI=1S/C31H33N9O3/c1-18(2)29(30(42)43-3)39-17-25(36-37-39)20-14-32-31(33-15-20)38-11-10-19(16-38)26-13-24-27(40(26)21-8-9-21)12-23(34-35-24)22-6-4-5-7-28(22)41/h4-7,12-15,17-19,21,29,41H,8-11,16H2,1-3H3/t19-,29-/m0/s1. The zero-order valence-corrected chi connectivity index (χ0v) is 24.3. The molecule has 5 heterocycles. The Morgan fingerprint density at radius 1 is 1.02 bits per heavy atom. The lowest BCUT2D eigenvalue weighted by atomic mass is 10.1. The Balaban J connectivity index is 1.11. The number of nitrogens with zero attached hydrogens (tertiary/aromatic N) is 9. The van der Waals surface area contributed by atoms with Crippen molar-refractivity contribution in [3.63, 3.8) is 0 Å². The van der Waals surface area contributed by atoms with Crippen LogP contribution in [0.3, 0.4) is 0 Å².